The van der Waals surface area contributed by atoms with E-state index in [2.05, 4.69) is 9.97 Å². The van der Waals surface area contributed by atoms with Crippen molar-refractivity contribution >= 4 is 11.9 Å². The molecule has 0 radical (unpaired) electrons. The molecule has 1 N–H and O–H groups in total. The lowest BCUT2D eigenvalue weighted by atomic mass is 10.2. The van der Waals surface area contributed by atoms with Gasteiger partial charge < -0.3 is 10.0 Å². The van der Waals surface area contributed by atoms with Crippen molar-refractivity contribution in [1.82, 2.24) is 9.97 Å². The first-order valence-corrected chi connectivity index (χ1v) is 5.62. The summed E-state index contributed by atoms with van der Waals surface area (Å²) >= 11 is 0. The van der Waals surface area contributed by atoms with Crippen LogP contribution in [-0.4, -0.2) is 40.1 Å². The summed E-state index contributed by atoms with van der Waals surface area (Å²) in [5, 5.41) is 8.53. The number of alkyl halides is 2. The minimum atomic E-state index is -2.68. The van der Waals surface area contributed by atoms with Crippen LogP contribution in [0.5, 0.6) is 0 Å². The number of hydrogen-bond acceptors (Lipinski definition) is 4. The number of rotatable bonds is 4. The van der Waals surface area contributed by atoms with Crippen LogP contribution >= 0.6 is 0 Å². The van der Waals surface area contributed by atoms with Crippen molar-refractivity contribution in [2.75, 3.05) is 18.0 Å². The van der Waals surface area contributed by atoms with Crippen LogP contribution in [0.3, 0.4) is 0 Å². The van der Waals surface area contributed by atoms with Gasteiger partial charge in [-0.3, -0.25) is 4.79 Å². The number of nitrogens with zero attached hydrogens (tertiary/aromatic N) is 3. The zero-order chi connectivity index (χ0) is 13.2. The third-order valence-corrected chi connectivity index (χ3v) is 2.77. The standard InChI is InChI=1S/C11H13F2N3O2/c12-11(13)3-4-16(7-11)10-14-5-8(6-15-10)1-2-9(17)18/h5-6H,1-4,7H2,(H,17,18). The summed E-state index contributed by atoms with van der Waals surface area (Å²) in [6.07, 6.45) is 3.14. The molecule has 0 atom stereocenters. The van der Waals surface area contributed by atoms with Gasteiger partial charge >= 0.3 is 5.97 Å². The lowest BCUT2D eigenvalue weighted by molar-refractivity contribution is -0.136. The molecule has 0 aromatic carbocycles. The second-order valence-corrected chi connectivity index (χ2v) is 4.31. The summed E-state index contributed by atoms with van der Waals surface area (Å²) in [5.74, 6) is -3.30. The Morgan fingerprint density at radius 3 is 2.61 bits per heavy atom. The number of aryl methyl sites for hydroxylation is 1. The Bertz CT molecular complexity index is 436. The van der Waals surface area contributed by atoms with E-state index in [-0.39, 0.29) is 31.9 Å². The normalized spacial score (nSPS) is 18.0. The molecule has 1 aliphatic rings. The van der Waals surface area contributed by atoms with Gasteiger partial charge in [-0.1, -0.05) is 0 Å². The Kier molecular flexibility index (Phi) is 3.40. The van der Waals surface area contributed by atoms with E-state index in [9.17, 15) is 13.6 Å². The SMILES string of the molecule is O=C(O)CCc1cnc(N2CCC(F)(F)C2)nc1. The number of carbonyl (C=O) groups is 1. The minimum Gasteiger partial charge on any atom is -0.481 e. The molecule has 98 valence electrons. The smallest absolute Gasteiger partial charge is 0.303 e. The van der Waals surface area contributed by atoms with Gasteiger partial charge in [-0.2, -0.15) is 0 Å². The molecule has 1 aromatic heterocycles. The number of anilines is 1. The summed E-state index contributed by atoms with van der Waals surface area (Å²) in [6, 6.07) is 0. The average Bonchev–Trinajstić information content (AvgIpc) is 2.68. The first-order chi connectivity index (χ1) is 8.46. The van der Waals surface area contributed by atoms with E-state index in [1.807, 2.05) is 0 Å². The van der Waals surface area contributed by atoms with Crippen LogP contribution in [-0.2, 0) is 11.2 Å². The van der Waals surface area contributed by atoms with Crippen molar-refractivity contribution in [2.45, 2.75) is 25.2 Å². The van der Waals surface area contributed by atoms with E-state index in [4.69, 9.17) is 5.11 Å². The quantitative estimate of drug-likeness (QED) is 0.881. The maximum absolute atomic E-state index is 13.0. The van der Waals surface area contributed by atoms with Gasteiger partial charge in [0, 0.05) is 31.8 Å². The lowest BCUT2D eigenvalue weighted by Crippen LogP contribution is -2.26. The number of carboxylic acid groups (broad SMARTS) is 1. The molecule has 1 saturated heterocycles. The van der Waals surface area contributed by atoms with Gasteiger partial charge in [-0.25, -0.2) is 18.7 Å². The number of carboxylic acids is 1. The fourth-order valence-corrected chi connectivity index (χ4v) is 1.80. The van der Waals surface area contributed by atoms with Crippen LogP contribution in [0, 0.1) is 0 Å². The van der Waals surface area contributed by atoms with Gasteiger partial charge in [0.1, 0.15) is 0 Å². The Morgan fingerprint density at radius 2 is 2.11 bits per heavy atom. The van der Waals surface area contributed by atoms with Gasteiger partial charge in [-0.15, -0.1) is 0 Å². The van der Waals surface area contributed by atoms with Gasteiger partial charge in [0.15, 0.2) is 0 Å². The van der Waals surface area contributed by atoms with Crippen molar-refractivity contribution < 1.29 is 18.7 Å². The summed E-state index contributed by atoms with van der Waals surface area (Å²) in [7, 11) is 0. The number of hydrogen-bond donors (Lipinski definition) is 1. The van der Waals surface area contributed by atoms with E-state index >= 15 is 0 Å². The molecule has 0 spiro atoms. The van der Waals surface area contributed by atoms with Crippen molar-refractivity contribution in [3.8, 4) is 0 Å². The summed E-state index contributed by atoms with van der Waals surface area (Å²) < 4.78 is 26.0. The van der Waals surface area contributed by atoms with E-state index < -0.39 is 11.9 Å². The van der Waals surface area contributed by atoms with Gasteiger partial charge in [0.05, 0.1) is 6.54 Å². The largest absolute Gasteiger partial charge is 0.481 e. The molecule has 2 heterocycles. The Morgan fingerprint density at radius 1 is 1.44 bits per heavy atom. The number of halogens is 2. The third kappa shape index (κ3) is 3.12. The summed E-state index contributed by atoms with van der Waals surface area (Å²) in [5.41, 5.74) is 0.687. The van der Waals surface area contributed by atoms with Gasteiger partial charge in [0.25, 0.3) is 5.92 Å². The molecule has 0 saturated carbocycles. The third-order valence-electron chi connectivity index (χ3n) is 2.77. The van der Waals surface area contributed by atoms with Crippen LogP contribution in [0.2, 0.25) is 0 Å². The molecular formula is C11H13F2N3O2. The Balaban J connectivity index is 1.98. The molecule has 2 rings (SSSR count). The predicted molar refractivity (Wildman–Crippen MR) is 59.8 cm³/mol. The van der Waals surface area contributed by atoms with Crippen LogP contribution in [0.15, 0.2) is 12.4 Å². The maximum atomic E-state index is 13.0. The number of aromatic nitrogens is 2. The van der Waals surface area contributed by atoms with Crippen molar-refractivity contribution in [3.63, 3.8) is 0 Å². The second kappa shape index (κ2) is 4.83. The maximum Gasteiger partial charge on any atom is 0.303 e. The molecule has 0 unspecified atom stereocenters. The zero-order valence-corrected chi connectivity index (χ0v) is 9.64. The summed E-state index contributed by atoms with van der Waals surface area (Å²) in [4.78, 5) is 19.8. The molecule has 1 aliphatic heterocycles. The molecule has 0 aliphatic carbocycles. The monoisotopic (exact) mass is 257 g/mol. The molecule has 0 bridgehead atoms. The number of aliphatic carboxylic acids is 1. The highest BCUT2D eigenvalue weighted by atomic mass is 19.3. The Hall–Kier alpha value is -1.79. The first-order valence-electron chi connectivity index (χ1n) is 5.62. The highest BCUT2D eigenvalue weighted by molar-refractivity contribution is 5.67. The van der Waals surface area contributed by atoms with Gasteiger partial charge in [0.2, 0.25) is 5.95 Å². The average molecular weight is 257 g/mol. The highest BCUT2D eigenvalue weighted by Gasteiger charge is 2.39. The molecule has 1 fully saturated rings. The first kappa shape index (κ1) is 12.7. The van der Waals surface area contributed by atoms with E-state index in [0.717, 1.165) is 0 Å². The Labute approximate surface area is 102 Å². The van der Waals surface area contributed by atoms with Crippen LogP contribution in [0.1, 0.15) is 18.4 Å². The van der Waals surface area contributed by atoms with Gasteiger partial charge in [-0.05, 0) is 12.0 Å². The molecule has 7 heteroatoms. The molecular weight excluding hydrogens is 244 g/mol. The predicted octanol–water partition coefficient (Wildman–Crippen LogP) is 1.34. The molecule has 5 nitrogen and oxygen atoms in total. The van der Waals surface area contributed by atoms with Crippen molar-refractivity contribution in [3.05, 3.63) is 18.0 Å². The molecule has 1 aromatic rings. The van der Waals surface area contributed by atoms with Crippen LogP contribution in [0.4, 0.5) is 14.7 Å². The fraction of sp³-hybridized carbons (Fsp3) is 0.545. The second-order valence-electron chi connectivity index (χ2n) is 4.31. The van der Waals surface area contributed by atoms with E-state index in [1.54, 1.807) is 0 Å². The zero-order valence-electron chi connectivity index (χ0n) is 9.64. The minimum absolute atomic E-state index is 0.00446. The molecule has 18 heavy (non-hydrogen) atoms. The van der Waals surface area contributed by atoms with Crippen LogP contribution in [0.25, 0.3) is 0 Å². The van der Waals surface area contributed by atoms with E-state index in [0.29, 0.717) is 12.0 Å². The van der Waals surface area contributed by atoms with Crippen LogP contribution < -0.4 is 4.90 Å². The van der Waals surface area contributed by atoms with E-state index in [1.165, 1.54) is 17.3 Å². The topological polar surface area (TPSA) is 66.3 Å². The summed E-state index contributed by atoms with van der Waals surface area (Å²) in [6.45, 7) is -0.122. The highest BCUT2D eigenvalue weighted by Crippen LogP contribution is 2.28. The lowest BCUT2D eigenvalue weighted by Gasteiger charge is -2.15. The van der Waals surface area contributed by atoms with Crippen molar-refractivity contribution in [2.24, 2.45) is 0 Å². The fourth-order valence-electron chi connectivity index (χ4n) is 1.80. The molecule has 0 amide bonds. The van der Waals surface area contributed by atoms with Crippen molar-refractivity contribution in [1.29, 1.82) is 0 Å².